The van der Waals surface area contributed by atoms with Gasteiger partial charge in [-0.15, -0.1) is 6.42 Å². The van der Waals surface area contributed by atoms with E-state index in [1.54, 1.807) is 0 Å². The molecule has 1 saturated heterocycles. The van der Waals surface area contributed by atoms with Crippen LogP contribution in [0.3, 0.4) is 0 Å². The maximum absolute atomic E-state index is 11.1. The number of rotatable bonds is 4. The Morgan fingerprint density at radius 2 is 2.18 bits per heavy atom. The van der Waals surface area contributed by atoms with Crippen molar-refractivity contribution in [3.05, 3.63) is 35.9 Å². The van der Waals surface area contributed by atoms with Crippen molar-refractivity contribution in [2.24, 2.45) is 5.92 Å². The van der Waals surface area contributed by atoms with E-state index >= 15 is 0 Å². The van der Waals surface area contributed by atoms with Crippen LogP contribution in [0.4, 0.5) is 0 Å². The number of hydrogen-bond donors (Lipinski definition) is 0. The molecular weight excluding hydrogens is 216 g/mol. The topological polar surface area (TPSA) is 35.5 Å². The lowest BCUT2D eigenvalue weighted by Crippen LogP contribution is -2.21. The summed E-state index contributed by atoms with van der Waals surface area (Å²) >= 11 is 0. The van der Waals surface area contributed by atoms with Gasteiger partial charge in [0.15, 0.2) is 0 Å². The molecule has 0 N–H and O–H groups in total. The first-order valence-electron chi connectivity index (χ1n) is 5.57. The number of ether oxygens (including phenoxy) is 2. The second-order valence-electron chi connectivity index (χ2n) is 4.01. The van der Waals surface area contributed by atoms with Crippen molar-refractivity contribution >= 4 is 5.97 Å². The van der Waals surface area contributed by atoms with E-state index in [-0.39, 0.29) is 18.0 Å². The third-order valence-corrected chi connectivity index (χ3v) is 2.73. The standard InChI is InChI=1S/C14H14O3/c1-2-12-8-14(15)17-13(12)10-16-9-11-6-4-3-5-7-11/h1,3-7,12-13H,8-10H2/t12-,13-/m1/s1. The molecule has 0 amide bonds. The van der Waals surface area contributed by atoms with Gasteiger partial charge in [-0.1, -0.05) is 36.3 Å². The Bertz CT molecular complexity index is 419. The number of cyclic esters (lactones) is 1. The molecule has 2 rings (SSSR count). The summed E-state index contributed by atoms with van der Waals surface area (Å²) < 4.78 is 10.6. The summed E-state index contributed by atoms with van der Waals surface area (Å²) in [5, 5.41) is 0. The third kappa shape index (κ3) is 3.08. The lowest BCUT2D eigenvalue weighted by molar-refractivity contribution is -0.143. The Balaban J connectivity index is 1.79. The second-order valence-corrected chi connectivity index (χ2v) is 4.01. The first-order valence-corrected chi connectivity index (χ1v) is 5.57. The van der Waals surface area contributed by atoms with Gasteiger partial charge < -0.3 is 9.47 Å². The smallest absolute Gasteiger partial charge is 0.307 e. The fourth-order valence-corrected chi connectivity index (χ4v) is 1.79. The molecule has 3 heteroatoms. The predicted molar refractivity (Wildman–Crippen MR) is 62.9 cm³/mol. The van der Waals surface area contributed by atoms with E-state index in [4.69, 9.17) is 15.9 Å². The molecule has 0 spiro atoms. The molecule has 0 bridgehead atoms. The van der Waals surface area contributed by atoms with Crippen LogP contribution in [0.1, 0.15) is 12.0 Å². The van der Waals surface area contributed by atoms with Gasteiger partial charge in [0, 0.05) is 0 Å². The average molecular weight is 230 g/mol. The fraction of sp³-hybridized carbons (Fsp3) is 0.357. The molecule has 1 aliphatic heterocycles. The van der Waals surface area contributed by atoms with Crippen LogP contribution in [0.2, 0.25) is 0 Å². The van der Waals surface area contributed by atoms with Crippen LogP contribution in [0.15, 0.2) is 30.3 Å². The van der Waals surface area contributed by atoms with Crippen molar-refractivity contribution in [1.29, 1.82) is 0 Å². The molecule has 0 radical (unpaired) electrons. The van der Waals surface area contributed by atoms with Crippen molar-refractivity contribution in [2.45, 2.75) is 19.1 Å². The van der Waals surface area contributed by atoms with E-state index in [1.165, 1.54) is 0 Å². The summed E-state index contributed by atoms with van der Waals surface area (Å²) in [7, 11) is 0. The first-order chi connectivity index (χ1) is 8.29. The van der Waals surface area contributed by atoms with Crippen molar-refractivity contribution in [2.75, 3.05) is 6.61 Å². The highest BCUT2D eigenvalue weighted by molar-refractivity contribution is 5.72. The zero-order chi connectivity index (χ0) is 12.1. The lowest BCUT2D eigenvalue weighted by Gasteiger charge is -2.13. The Morgan fingerprint density at radius 3 is 2.88 bits per heavy atom. The first kappa shape index (κ1) is 11.7. The molecule has 3 nitrogen and oxygen atoms in total. The SMILES string of the molecule is C#C[C@@H]1CC(=O)O[C@@H]1COCc1ccccc1. The zero-order valence-corrected chi connectivity index (χ0v) is 9.46. The molecule has 1 aromatic carbocycles. The van der Waals surface area contributed by atoms with Gasteiger partial charge in [0.05, 0.1) is 25.6 Å². The summed E-state index contributed by atoms with van der Waals surface area (Å²) in [6.45, 7) is 0.863. The van der Waals surface area contributed by atoms with Gasteiger partial charge in [0.2, 0.25) is 0 Å². The van der Waals surface area contributed by atoms with Gasteiger partial charge in [-0.3, -0.25) is 4.79 Å². The van der Waals surface area contributed by atoms with Crippen LogP contribution in [0.25, 0.3) is 0 Å². The summed E-state index contributed by atoms with van der Waals surface area (Å²) in [4.78, 5) is 11.1. The number of esters is 1. The molecule has 0 saturated carbocycles. The number of carbonyl (C=O) groups is 1. The third-order valence-electron chi connectivity index (χ3n) is 2.73. The maximum Gasteiger partial charge on any atom is 0.307 e. The second kappa shape index (κ2) is 5.51. The maximum atomic E-state index is 11.1. The quantitative estimate of drug-likeness (QED) is 0.584. The van der Waals surface area contributed by atoms with E-state index in [0.717, 1.165) is 5.56 Å². The van der Waals surface area contributed by atoms with Crippen LogP contribution >= 0.6 is 0 Å². The van der Waals surface area contributed by atoms with Gasteiger partial charge in [-0.2, -0.15) is 0 Å². The average Bonchev–Trinajstić information content (AvgIpc) is 2.71. The minimum Gasteiger partial charge on any atom is -0.459 e. The van der Waals surface area contributed by atoms with Crippen molar-refractivity contribution < 1.29 is 14.3 Å². The van der Waals surface area contributed by atoms with E-state index < -0.39 is 0 Å². The van der Waals surface area contributed by atoms with Gasteiger partial charge in [-0.05, 0) is 5.56 Å². The molecule has 1 heterocycles. The van der Waals surface area contributed by atoms with Gasteiger partial charge in [-0.25, -0.2) is 0 Å². The Hall–Kier alpha value is -1.79. The largest absolute Gasteiger partial charge is 0.459 e. The summed E-state index contributed by atoms with van der Waals surface area (Å²) in [5.74, 6) is 2.18. The van der Waals surface area contributed by atoms with E-state index in [9.17, 15) is 4.79 Å². The highest BCUT2D eigenvalue weighted by Gasteiger charge is 2.33. The van der Waals surface area contributed by atoms with Gasteiger partial charge in [0.25, 0.3) is 0 Å². The van der Waals surface area contributed by atoms with Gasteiger partial charge >= 0.3 is 5.97 Å². The summed E-state index contributed by atoms with van der Waals surface area (Å²) in [6.07, 6.45) is 5.34. The van der Waals surface area contributed by atoms with Crippen molar-refractivity contribution in [3.63, 3.8) is 0 Å². The van der Waals surface area contributed by atoms with Crippen LogP contribution in [0.5, 0.6) is 0 Å². The number of carbonyl (C=O) groups excluding carboxylic acids is 1. The van der Waals surface area contributed by atoms with E-state index in [2.05, 4.69) is 5.92 Å². The van der Waals surface area contributed by atoms with Crippen LogP contribution in [-0.4, -0.2) is 18.7 Å². The van der Waals surface area contributed by atoms with Crippen LogP contribution in [-0.2, 0) is 20.9 Å². The molecule has 1 aromatic rings. The highest BCUT2D eigenvalue weighted by atomic mass is 16.6. The number of hydrogen-bond acceptors (Lipinski definition) is 3. The minimum atomic E-state index is -0.295. The predicted octanol–water partition coefficient (Wildman–Crippen LogP) is 1.77. The Kier molecular flexibility index (Phi) is 3.79. The number of terminal acetylenes is 1. The van der Waals surface area contributed by atoms with Crippen LogP contribution in [0, 0.1) is 18.3 Å². The normalized spacial score (nSPS) is 23.1. The van der Waals surface area contributed by atoms with Crippen molar-refractivity contribution in [1.82, 2.24) is 0 Å². The molecule has 0 aromatic heterocycles. The van der Waals surface area contributed by atoms with Crippen LogP contribution < -0.4 is 0 Å². The molecule has 17 heavy (non-hydrogen) atoms. The number of benzene rings is 1. The Morgan fingerprint density at radius 1 is 1.41 bits per heavy atom. The molecule has 0 unspecified atom stereocenters. The molecule has 0 aliphatic carbocycles. The molecular formula is C14H14O3. The van der Waals surface area contributed by atoms with E-state index in [1.807, 2.05) is 30.3 Å². The minimum absolute atomic E-state index is 0.154. The molecule has 1 aliphatic rings. The molecule has 88 valence electrons. The lowest BCUT2D eigenvalue weighted by atomic mass is 10.0. The van der Waals surface area contributed by atoms with Gasteiger partial charge in [0.1, 0.15) is 6.10 Å². The highest BCUT2D eigenvalue weighted by Crippen LogP contribution is 2.21. The monoisotopic (exact) mass is 230 g/mol. The summed E-state index contributed by atoms with van der Waals surface area (Å²) in [5.41, 5.74) is 1.09. The van der Waals surface area contributed by atoms with Crippen molar-refractivity contribution in [3.8, 4) is 12.3 Å². The Labute approximate surface area is 101 Å². The molecule has 2 atom stereocenters. The molecule has 1 fully saturated rings. The fourth-order valence-electron chi connectivity index (χ4n) is 1.79. The summed E-state index contributed by atoms with van der Waals surface area (Å²) in [6, 6.07) is 9.84. The zero-order valence-electron chi connectivity index (χ0n) is 9.46. The van der Waals surface area contributed by atoms with E-state index in [0.29, 0.717) is 19.6 Å².